The van der Waals surface area contributed by atoms with Gasteiger partial charge >= 0.3 is 5.97 Å². The molecule has 1 fully saturated rings. The molecule has 1 aromatic rings. The van der Waals surface area contributed by atoms with Crippen molar-refractivity contribution in [1.29, 1.82) is 0 Å². The Kier molecular flexibility index (Phi) is 4.55. The van der Waals surface area contributed by atoms with E-state index in [9.17, 15) is 9.59 Å². The van der Waals surface area contributed by atoms with Gasteiger partial charge in [0.2, 0.25) is 0 Å². The maximum absolute atomic E-state index is 12.0. The molecule has 2 N–H and O–H groups in total. The van der Waals surface area contributed by atoms with Crippen LogP contribution in [0.1, 0.15) is 27.1 Å². The quantitative estimate of drug-likeness (QED) is 0.885. The summed E-state index contributed by atoms with van der Waals surface area (Å²) in [5, 5.41) is 11.8. The summed E-state index contributed by atoms with van der Waals surface area (Å²) in [6, 6.07) is 4.43. The van der Waals surface area contributed by atoms with Gasteiger partial charge in [0, 0.05) is 29.1 Å². The van der Waals surface area contributed by atoms with E-state index in [1.54, 1.807) is 6.07 Å². The molecule has 0 saturated carbocycles. The third kappa shape index (κ3) is 3.78. The van der Waals surface area contributed by atoms with Crippen molar-refractivity contribution in [1.82, 2.24) is 5.32 Å². The highest BCUT2D eigenvalue weighted by molar-refractivity contribution is 9.10. The molecular weight excluding hydrogens is 314 g/mol. The summed E-state index contributed by atoms with van der Waals surface area (Å²) < 4.78 is 5.80. The van der Waals surface area contributed by atoms with E-state index >= 15 is 0 Å². The summed E-state index contributed by atoms with van der Waals surface area (Å²) in [5.41, 5.74) is 0.425. The molecule has 0 bridgehead atoms. The minimum absolute atomic E-state index is 0.0868. The Morgan fingerprint density at radius 2 is 2.11 bits per heavy atom. The molecule has 1 amide bonds. The maximum Gasteiger partial charge on any atom is 0.335 e. The highest BCUT2D eigenvalue weighted by Crippen LogP contribution is 2.16. The van der Waals surface area contributed by atoms with Gasteiger partial charge in [-0.3, -0.25) is 4.79 Å². The second-order valence-electron chi connectivity index (χ2n) is 4.47. The smallest absolute Gasteiger partial charge is 0.335 e. The number of nitrogens with one attached hydrogen (secondary N) is 1. The zero-order valence-electron chi connectivity index (χ0n) is 10.2. The summed E-state index contributed by atoms with van der Waals surface area (Å²) >= 11 is 3.20. The molecule has 5 nitrogen and oxygen atoms in total. The predicted octanol–water partition coefficient (Wildman–Crippen LogP) is 1.91. The summed E-state index contributed by atoms with van der Waals surface area (Å²) in [7, 11) is 0. The lowest BCUT2D eigenvalue weighted by atomic mass is 10.1. The molecule has 1 aliphatic heterocycles. The van der Waals surface area contributed by atoms with Crippen molar-refractivity contribution < 1.29 is 19.4 Å². The van der Waals surface area contributed by atoms with Crippen molar-refractivity contribution in [2.24, 2.45) is 5.92 Å². The number of carboxylic acids is 1. The zero-order chi connectivity index (χ0) is 13.8. The average molecular weight is 328 g/mol. The lowest BCUT2D eigenvalue weighted by Crippen LogP contribution is -2.29. The number of carbonyl (C=O) groups is 2. The van der Waals surface area contributed by atoms with E-state index in [1.165, 1.54) is 12.1 Å². The predicted molar refractivity (Wildman–Crippen MR) is 72.4 cm³/mol. The number of hydrogen-bond acceptors (Lipinski definition) is 3. The number of hydrogen-bond donors (Lipinski definition) is 2. The SMILES string of the molecule is O=C(O)c1cc(Br)cc(C(=O)NCC2CCOC2)c1. The average Bonchev–Trinajstić information content (AvgIpc) is 2.88. The highest BCUT2D eigenvalue weighted by Gasteiger charge is 2.17. The van der Waals surface area contributed by atoms with Crippen LogP contribution in [0.2, 0.25) is 0 Å². The minimum Gasteiger partial charge on any atom is -0.478 e. The van der Waals surface area contributed by atoms with E-state index in [0.29, 0.717) is 29.1 Å². The molecule has 102 valence electrons. The summed E-state index contributed by atoms with van der Waals surface area (Å²) in [5.74, 6) is -0.981. The van der Waals surface area contributed by atoms with Crippen molar-refractivity contribution in [3.63, 3.8) is 0 Å². The first kappa shape index (κ1) is 14.0. The number of aromatic carboxylic acids is 1. The largest absolute Gasteiger partial charge is 0.478 e. The summed E-state index contributed by atoms with van der Waals surface area (Å²) in [6.07, 6.45) is 0.944. The Balaban J connectivity index is 2.03. The van der Waals surface area contributed by atoms with E-state index in [1.807, 2.05) is 0 Å². The van der Waals surface area contributed by atoms with Crippen LogP contribution in [0.5, 0.6) is 0 Å². The number of benzene rings is 1. The van der Waals surface area contributed by atoms with E-state index in [2.05, 4.69) is 21.2 Å². The molecule has 0 aromatic heterocycles. The van der Waals surface area contributed by atoms with Gasteiger partial charge in [-0.2, -0.15) is 0 Å². The molecule has 1 atom stereocenters. The van der Waals surface area contributed by atoms with E-state index < -0.39 is 5.97 Å². The Morgan fingerprint density at radius 1 is 1.37 bits per heavy atom. The Labute approximate surface area is 119 Å². The lowest BCUT2D eigenvalue weighted by Gasteiger charge is -2.10. The highest BCUT2D eigenvalue weighted by atomic mass is 79.9. The van der Waals surface area contributed by atoms with Gasteiger partial charge in [-0.15, -0.1) is 0 Å². The topological polar surface area (TPSA) is 75.6 Å². The standard InChI is InChI=1S/C13H14BrNO4/c14-11-4-9(3-10(5-11)13(17)18)12(16)15-6-8-1-2-19-7-8/h3-5,8H,1-2,6-7H2,(H,15,16)(H,17,18). The molecule has 1 heterocycles. The number of ether oxygens (including phenoxy) is 1. The van der Waals surface area contributed by atoms with Crippen LogP contribution in [0.15, 0.2) is 22.7 Å². The second kappa shape index (κ2) is 6.16. The fourth-order valence-electron chi connectivity index (χ4n) is 1.93. The Bertz CT molecular complexity index is 497. The van der Waals surface area contributed by atoms with Gasteiger partial charge in [0.1, 0.15) is 0 Å². The van der Waals surface area contributed by atoms with Crippen LogP contribution in [0.25, 0.3) is 0 Å². The van der Waals surface area contributed by atoms with Crippen molar-refractivity contribution in [2.45, 2.75) is 6.42 Å². The molecule has 19 heavy (non-hydrogen) atoms. The molecule has 0 spiro atoms. The monoisotopic (exact) mass is 327 g/mol. The number of carbonyl (C=O) groups excluding carboxylic acids is 1. The van der Waals surface area contributed by atoms with Crippen LogP contribution >= 0.6 is 15.9 Å². The van der Waals surface area contributed by atoms with Crippen LogP contribution in [0.4, 0.5) is 0 Å². The summed E-state index contributed by atoms with van der Waals surface area (Å²) in [6.45, 7) is 1.95. The molecule has 2 rings (SSSR count). The fraction of sp³-hybridized carbons (Fsp3) is 0.385. The Morgan fingerprint density at radius 3 is 2.74 bits per heavy atom. The van der Waals surface area contributed by atoms with Gasteiger partial charge in [0.15, 0.2) is 0 Å². The van der Waals surface area contributed by atoms with Gasteiger partial charge in [-0.05, 0) is 24.6 Å². The van der Waals surface area contributed by atoms with Crippen LogP contribution in [0, 0.1) is 5.92 Å². The minimum atomic E-state index is -1.06. The number of amides is 1. The zero-order valence-corrected chi connectivity index (χ0v) is 11.8. The Hall–Kier alpha value is -1.40. The second-order valence-corrected chi connectivity index (χ2v) is 5.39. The normalized spacial score (nSPS) is 18.3. The number of rotatable bonds is 4. The fourth-order valence-corrected chi connectivity index (χ4v) is 2.42. The van der Waals surface area contributed by atoms with E-state index in [-0.39, 0.29) is 11.5 Å². The molecule has 1 saturated heterocycles. The van der Waals surface area contributed by atoms with Crippen LogP contribution < -0.4 is 5.32 Å². The van der Waals surface area contributed by atoms with Crippen LogP contribution in [-0.2, 0) is 4.74 Å². The molecule has 1 unspecified atom stereocenters. The van der Waals surface area contributed by atoms with Crippen molar-refractivity contribution in [2.75, 3.05) is 19.8 Å². The molecule has 1 aliphatic rings. The molecule has 6 heteroatoms. The molecule has 0 radical (unpaired) electrons. The van der Waals surface area contributed by atoms with Crippen LogP contribution in [0.3, 0.4) is 0 Å². The third-order valence-electron chi connectivity index (χ3n) is 2.98. The molecule has 1 aromatic carbocycles. The maximum atomic E-state index is 12.0. The van der Waals surface area contributed by atoms with E-state index in [0.717, 1.165) is 13.0 Å². The molecular formula is C13H14BrNO4. The van der Waals surface area contributed by atoms with Crippen molar-refractivity contribution >= 4 is 27.8 Å². The first-order chi connectivity index (χ1) is 9.06. The number of carboxylic acid groups (broad SMARTS) is 1. The van der Waals surface area contributed by atoms with Crippen LogP contribution in [-0.4, -0.2) is 36.7 Å². The lowest BCUT2D eigenvalue weighted by molar-refractivity contribution is 0.0697. The van der Waals surface area contributed by atoms with Crippen molar-refractivity contribution in [3.8, 4) is 0 Å². The van der Waals surface area contributed by atoms with Gasteiger partial charge < -0.3 is 15.2 Å². The van der Waals surface area contributed by atoms with Crippen molar-refractivity contribution in [3.05, 3.63) is 33.8 Å². The number of halogens is 1. The molecule has 0 aliphatic carbocycles. The van der Waals surface area contributed by atoms with E-state index in [4.69, 9.17) is 9.84 Å². The first-order valence-corrected chi connectivity index (χ1v) is 6.75. The van der Waals surface area contributed by atoms with Gasteiger partial charge in [-0.25, -0.2) is 4.79 Å². The van der Waals surface area contributed by atoms with Gasteiger partial charge in [0.25, 0.3) is 5.91 Å². The third-order valence-corrected chi connectivity index (χ3v) is 3.44. The van der Waals surface area contributed by atoms with Gasteiger partial charge in [0.05, 0.1) is 12.2 Å². The van der Waals surface area contributed by atoms with Gasteiger partial charge in [-0.1, -0.05) is 15.9 Å². The first-order valence-electron chi connectivity index (χ1n) is 5.96. The summed E-state index contributed by atoms with van der Waals surface area (Å²) in [4.78, 5) is 22.9.